The number of ketones is 2. The molecule has 0 atom stereocenters. The normalized spacial score (nSPS) is 10.5. The van der Waals surface area contributed by atoms with E-state index in [1.807, 2.05) is 0 Å². The number of halogens is 5. The Bertz CT molecular complexity index is 481. The van der Waals surface area contributed by atoms with Crippen molar-refractivity contribution in [2.75, 3.05) is 0 Å². The summed E-state index contributed by atoms with van der Waals surface area (Å²) in [5.74, 6) is -13.4. The summed E-state index contributed by atoms with van der Waals surface area (Å²) < 4.78 is 64.1. The summed E-state index contributed by atoms with van der Waals surface area (Å²) in [6.07, 6.45) is -0.932. The third-order valence-electron chi connectivity index (χ3n) is 1.90. The molecule has 0 unspecified atom stereocenters. The number of benzene rings is 1. The van der Waals surface area contributed by atoms with Gasteiger partial charge in [-0.3, -0.25) is 9.59 Å². The molecule has 0 amide bonds. The van der Waals surface area contributed by atoms with Gasteiger partial charge < -0.3 is 0 Å². The molecule has 17 heavy (non-hydrogen) atoms. The molecule has 2 nitrogen and oxygen atoms in total. The topological polar surface area (TPSA) is 34.1 Å². The van der Waals surface area contributed by atoms with Gasteiger partial charge in [0, 0.05) is 0 Å². The van der Waals surface area contributed by atoms with E-state index < -0.39 is 52.6 Å². The molecule has 0 aliphatic carbocycles. The first-order valence-corrected chi connectivity index (χ1v) is 4.31. The molecule has 0 N–H and O–H groups in total. The summed E-state index contributed by atoms with van der Waals surface area (Å²) in [5, 5.41) is 0. The highest BCUT2D eigenvalue weighted by atomic mass is 19.2. The summed E-state index contributed by atoms with van der Waals surface area (Å²) >= 11 is 0. The Morgan fingerprint density at radius 2 is 1.18 bits per heavy atom. The SMILES string of the molecule is CC(=O)CC(=O)c1c(F)c(F)c(F)c(F)c1F. The van der Waals surface area contributed by atoms with Gasteiger partial charge in [-0.15, -0.1) is 0 Å². The van der Waals surface area contributed by atoms with Gasteiger partial charge in [0.1, 0.15) is 5.78 Å². The van der Waals surface area contributed by atoms with Crippen LogP contribution in [0.15, 0.2) is 0 Å². The fourth-order valence-corrected chi connectivity index (χ4v) is 1.16. The minimum Gasteiger partial charge on any atom is -0.300 e. The maximum absolute atomic E-state index is 13.1. The van der Waals surface area contributed by atoms with Crippen molar-refractivity contribution in [2.24, 2.45) is 0 Å². The molecule has 0 radical (unpaired) electrons. The molecule has 1 aromatic carbocycles. The van der Waals surface area contributed by atoms with Crippen LogP contribution in [0.1, 0.15) is 23.7 Å². The quantitative estimate of drug-likeness (QED) is 0.272. The summed E-state index contributed by atoms with van der Waals surface area (Å²) in [5.41, 5.74) is -1.59. The minimum atomic E-state index is -2.35. The lowest BCUT2D eigenvalue weighted by Gasteiger charge is -2.06. The van der Waals surface area contributed by atoms with Crippen LogP contribution in [0.5, 0.6) is 0 Å². The summed E-state index contributed by atoms with van der Waals surface area (Å²) in [7, 11) is 0. The van der Waals surface area contributed by atoms with Crippen LogP contribution in [0, 0.1) is 29.1 Å². The molecule has 0 bridgehead atoms. The smallest absolute Gasteiger partial charge is 0.200 e. The predicted octanol–water partition coefficient (Wildman–Crippen LogP) is 2.54. The predicted molar refractivity (Wildman–Crippen MR) is 45.9 cm³/mol. The highest BCUT2D eigenvalue weighted by Crippen LogP contribution is 2.24. The Balaban J connectivity index is 3.44. The average Bonchev–Trinajstić information content (AvgIpc) is 2.23. The summed E-state index contributed by atoms with van der Waals surface area (Å²) in [6, 6.07) is 0. The number of hydrogen-bond acceptors (Lipinski definition) is 2. The van der Waals surface area contributed by atoms with Gasteiger partial charge in [0.25, 0.3) is 0 Å². The van der Waals surface area contributed by atoms with Crippen LogP contribution >= 0.6 is 0 Å². The van der Waals surface area contributed by atoms with E-state index in [9.17, 15) is 31.5 Å². The monoisotopic (exact) mass is 252 g/mol. The molecule has 0 fully saturated rings. The van der Waals surface area contributed by atoms with Gasteiger partial charge >= 0.3 is 0 Å². The second-order valence-electron chi connectivity index (χ2n) is 3.25. The largest absolute Gasteiger partial charge is 0.300 e. The third-order valence-corrected chi connectivity index (χ3v) is 1.90. The maximum Gasteiger partial charge on any atom is 0.200 e. The van der Waals surface area contributed by atoms with Crippen molar-refractivity contribution in [1.82, 2.24) is 0 Å². The maximum atomic E-state index is 13.1. The van der Waals surface area contributed by atoms with Gasteiger partial charge in [-0.2, -0.15) is 0 Å². The van der Waals surface area contributed by atoms with E-state index in [-0.39, 0.29) is 0 Å². The van der Waals surface area contributed by atoms with Crippen LogP contribution in [0.4, 0.5) is 22.0 Å². The molecule has 0 aliphatic heterocycles. The van der Waals surface area contributed by atoms with Crippen molar-refractivity contribution < 1.29 is 31.5 Å². The van der Waals surface area contributed by atoms with E-state index in [0.717, 1.165) is 6.92 Å². The van der Waals surface area contributed by atoms with E-state index in [4.69, 9.17) is 0 Å². The second-order valence-corrected chi connectivity index (χ2v) is 3.25. The van der Waals surface area contributed by atoms with Crippen LogP contribution < -0.4 is 0 Å². The zero-order valence-electron chi connectivity index (χ0n) is 8.41. The number of rotatable bonds is 3. The van der Waals surface area contributed by atoms with Gasteiger partial charge in [-0.25, -0.2) is 22.0 Å². The minimum absolute atomic E-state index is 0.751. The molecule has 0 aliphatic rings. The highest BCUT2D eigenvalue weighted by molar-refractivity contribution is 6.07. The van der Waals surface area contributed by atoms with Gasteiger partial charge in [0.2, 0.25) is 5.82 Å². The molecule has 0 saturated heterocycles. The zero-order valence-corrected chi connectivity index (χ0v) is 8.41. The van der Waals surface area contributed by atoms with Gasteiger partial charge in [0.05, 0.1) is 12.0 Å². The molecule has 1 rings (SSSR count). The fourth-order valence-electron chi connectivity index (χ4n) is 1.16. The van der Waals surface area contributed by atoms with E-state index in [0.29, 0.717) is 0 Å². The summed E-state index contributed by atoms with van der Waals surface area (Å²) in [4.78, 5) is 21.7. The first-order chi connectivity index (χ1) is 7.77. The van der Waals surface area contributed by atoms with E-state index in [2.05, 4.69) is 0 Å². The van der Waals surface area contributed by atoms with Crippen LogP contribution in [0.3, 0.4) is 0 Å². The third kappa shape index (κ3) is 2.32. The first kappa shape index (κ1) is 13.3. The van der Waals surface area contributed by atoms with Crippen LogP contribution in [-0.2, 0) is 4.79 Å². The van der Waals surface area contributed by atoms with Crippen molar-refractivity contribution in [1.29, 1.82) is 0 Å². The Labute approximate surface area is 92.0 Å². The lowest BCUT2D eigenvalue weighted by molar-refractivity contribution is -0.116. The van der Waals surface area contributed by atoms with Crippen LogP contribution in [0.25, 0.3) is 0 Å². The van der Waals surface area contributed by atoms with E-state index >= 15 is 0 Å². The van der Waals surface area contributed by atoms with Gasteiger partial charge in [-0.1, -0.05) is 0 Å². The Kier molecular flexibility index (Phi) is 3.59. The lowest BCUT2D eigenvalue weighted by atomic mass is 10.0. The molecule has 0 heterocycles. The van der Waals surface area contributed by atoms with Gasteiger partial charge in [0.15, 0.2) is 29.1 Å². The standard InChI is InChI=1S/C10H5F5O2/c1-3(16)2-4(17)5-6(11)8(13)10(15)9(14)7(5)12/h2H2,1H3. The fraction of sp³-hybridized carbons (Fsp3) is 0.200. The average molecular weight is 252 g/mol. The van der Waals surface area contributed by atoms with Crippen molar-refractivity contribution in [2.45, 2.75) is 13.3 Å². The number of hydrogen-bond donors (Lipinski definition) is 0. The van der Waals surface area contributed by atoms with Gasteiger partial charge in [-0.05, 0) is 6.92 Å². The van der Waals surface area contributed by atoms with Crippen molar-refractivity contribution in [3.63, 3.8) is 0 Å². The molecule has 7 heteroatoms. The van der Waals surface area contributed by atoms with Crippen LogP contribution in [0.2, 0.25) is 0 Å². The summed E-state index contributed by atoms with van der Waals surface area (Å²) in [6.45, 7) is 0.948. The van der Waals surface area contributed by atoms with Crippen molar-refractivity contribution in [3.8, 4) is 0 Å². The Hall–Kier alpha value is -1.79. The number of carbonyl (C=O) groups excluding carboxylic acids is 2. The van der Waals surface area contributed by atoms with Crippen molar-refractivity contribution in [3.05, 3.63) is 34.6 Å². The molecule has 0 spiro atoms. The van der Waals surface area contributed by atoms with E-state index in [1.165, 1.54) is 0 Å². The number of Topliss-reactive ketones (excluding diaryl/α,β-unsaturated/α-hetero) is 2. The molecule has 0 saturated carbocycles. The molecular weight excluding hydrogens is 247 g/mol. The van der Waals surface area contributed by atoms with Crippen molar-refractivity contribution >= 4 is 11.6 Å². The Morgan fingerprint density at radius 1 is 0.824 bits per heavy atom. The first-order valence-electron chi connectivity index (χ1n) is 4.31. The second kappa shape index (κ2) is 4.60. The molecule has 92 valence electrons. The number of carbonyl (C=O) groups is 2. The highest BCUT2D eigenvalue weighted by Gasteiger charge is 2.29. The molecule has 1 aromatic rings. The van der Waals surface area contributed by atoms with Crippen LogP contribution in [-0.4, -0.2) is 11.6 Å². The molecular formula is C10H5F5O2. The molecule has 0 aromatic heterocycles. The lowest BCUT2D eigenvalue weighted by Crippen LogP contribution is -2.14. The van der Waals surface area contributed by atoms with E-state index in [1.54, 1.807) is 0 Å². The zero-order chi connectivity index (χ0) is 13.3. The Morgan fingerprint density at radius 3 is 1.53 bits per heavy atom.